The molecule has 1 aliphatic rings. The molecule has 1 heterocycles. The molecule has 0 amide bonds. The second-order valence-corrected chi connectivity index (χ2v) is 4.22. The van der Waals surface area contributed by atoms with Gasteiger partial charge < -0.3 is 14.7 Å². The van der Waals surface area contributed by atoms with Gasteiger partial charge in [0.05, 0.1) is 0 Å². The Bertz CT molecular complexity index is 213. The Morgan fingerprint density at radius 2 is 1.88 bits per heavy atom. The van der Waals surface area contributed by atoms with Crippen LogP contribution in [0.2, 0.25) is 0 Å². The topological polar surface area (TPSA) is 32.7 Å². The summed E-state index contributed by atoms with van der Waals surface area (Å²) in [6.07, 6.45) is -4.17. The highest BCUT2D eigenvalue weighted by Crippen LogP contribution is 2.38. The summed E-state index contributed by atoms with van der Waals surface area (Å²) < 4.78 is 42.3. The smallest absolute Gasteiger partial charge is 0.385 e. The van der Waals surface area contributed by atoms with E-state index in [4.69, 9.17) is 4.74 Å². The van der Waals surface area contributed by atoms with Gasteiger partial charge in [0.25, 0.3) is 0 Å². The number of rotatable bonds is 4. The number of alkyl halides is 3. The van der Waals surface area contributed by atoms with Gasteiger partial charge in [0.15, 0.2) is 5.60 Å². The lowest BCUT2D eigenvalue weighted by Crippen LogP contribution is -2.53. The molecule has 1 fully saturated rings. The molecule has 0 aromatic rings. The zero-order chi connectivity index (χ0) is 12.2. The molecule has 0 spiro atoms. The van der Waals surface area contributed by atoms with Crippen LogP contribution in [0.1, 0.15) is 19.3 Å². The molecular formula is C10H18F3NO2. The molecule has 96 valence electrons. The van der Waals surface area contributed by atoms with Crippen LogP contribution in [-0.2, 0) is 4.74 Å². The lowest BCUT2D eigenvalue weighted by Gasteiger charge is -2.39. The number of hydrogen-bond donors (Lipinski definition) is 1. The minimum atomic E-state index is -4.51. The second-order valence-electron chi connectivity index (χ2n) is 4.22. The minimum absolute atomic E-state index is 0.233. The third kappa shape index (κ3) is 3.33. The van der Waals surface area contributed by atoms with Crippen LogP contribution >= 0.6 is 0 Å². The van der Waals surface area contributed by atoms with Crippen LogP contribution in [0.5, 0.6) is 0 Å². The number of ether oxygens (including phenoxy) is 1. The van der Waals surface area contributed by atoms with Crippen molar-refractivity contribution in [3.63, 3.8) is 0 Å². The predicted octanol–water partition coefficient (Wildman–Crippen LogP) is 1.41. The fourth-order valence-electron chi connectivity index (χ4n) is 1.86. The van der Waals surface area contributed by atoms with Crippen molar-refractivity contribution in [2.75, 3.05) is 33.4 Å². The average molecular weight is 241 g/mol. The van der Waals surface area contributed by atoms with Crippen molar-refractivity contribution in [1.29, 1.82) is 0 Å². The standard InChI is InChI=1S/C10H18F3NO2/c1-16-8-2-5-14-6-3-9(15,4-7-14)10(11,12)13/h15H,2-8H2,1H3. The van der Waals surface area contributed by atoms with Gasteiger partial charge in [-0.25, -0.2) is 0 Å². The third-order valence-corrected chi connectivity index (χ3v) is 3.03. The van der Waals surface area contributed by atoms with Gasteiger partial charge in [0.1, 0.15) is 0 Å². The molecule has 1 saturated heterocycles. The number of hydrogen-bond acceptors (Lipinski definition) is 3. The summed E-state index contributed by atoms with van der Waals surface area (Å²) in [5.41, 5.74) is -2.48. The molecular weight excluding hydrogens is 223 g/mol. The van der Waals surface area contributed by atoms with Gasteiger partial charge in [0, 0.05) is 33.4 Å². The Labute approximate surface area is 93.2 Å². The van der Waals surface area contributed by atoms with Crippen molar-refractivity contribution in [2.45, 2.75) is 31.0 Å². The van der Waals surface area contributed by atoms with E-state index < -0.39 is 11.8 Å². The summed E-state index contributed by atoms with van der Waals surface area (Å²) in [4.78, 5) is 1.93. The van der Waals surface area contributed by atoms with E-state index in [1.807, 2.05) is 4.90 Å². The van der Waals surface area contributed by atoms with Gasteiger partial charge >= 0.3 is 6.18 Å². The average Bonchev–Trinajstić information content (AvgIpc) is 2.20. The maximum absolute atomic E-state index is 12.5. The van der Waals surface area contributed by atoms with Gasteiger partial charge in [-0.3, -0.25) is 0 Å². The molecule has 0 aliphatic carbocycles. The highest BCUT2D eigenvalue weighted by molar-refractivity contribution is 4.91. The van der Waals surface area contributed by atoms with Gasteiger partial charge in [0.2, 0.25) is 0 Å². The van der Waals surface area contributed by atoms with E-state index in [9.17, 15) is 18.3 Å². The van der Waals surface area contributed by atoms with Crippen molar-refractivity contribution in [1.82, 2.24) is 4.90 Å². The molecule has 1 aliphatic heterocycles. The largest absolute Gasteiger partial charge is 0.417 e. The SMILES string of the molecule is COCCCN1CCC(O)(C(F)(F)F)CC1. The lowest BCUT2D eigenvalue weighted by molar-refractivity contribution is -0.272. The highest BCUT2D eigenvalue weighted by Gasteiger charge is 2.54. The molecule has 0 radical (unpaired) electrons. The Balaban J connectivity index is 2.33. The molecule has 1 N–H and O–H groups in total. The molecule has 6 heteroatoms. The number of nitrogens with zero attached hydrogens (tertiary/aromatic N) is 1. The molecule has 0 bridgehead atoms. The fraction of sp³-hybridized carbons (Fsp3) is 1.00. The Morgan fingerprint density at radius 1 is 1.31 bits per heavy atom. The Hall–Kier alpha value is -0.330. The zero-order valence-electron chi connectivity index (χ0n) is 9.39. The minimum Gasteiger partial charge on any atom is -0.385 e. The maximum Gasteiger partial charge on any atom is 0.417 e. The number of likely N-dealkylation sites (tertiary alicyclic amines) is 1. The van der Waals surface area contributed by atoms with Crippen LogP contribution in [0.15, 0.2) is 0 Å². The predicted molar refractivity (Wildman–Crippen MR) is 53.2 cm³/mol. The summed E-state index contributed by atoms with van der Waals surface area (Å²) in [5, 5.41) is 9.42. The first-order valence-electron chi connectivity index (χ1n) is 5.39. The second kappa shape index (κ2) is 5.33. The summed E-state index contributed by atoms with van der Waals surface area (Å²) in [5.74, 6) is 0. The number of methoxy groups -OCH3 is 1. The Morgan fingerprint density at radius 3 is 2.31 bits per heavy atom. The van der Waals surface area contributed by atoms with Crippen LogP contribution in [0.4, 0.5) is 13.2 Å². The van der Waals surface area contributed by atoms with Crippen molar-refractivity contribution in [2.24, 2.45) is 0 Å². The van der Waals surface area contributed by atoms with Crippen molar-refractivity contribution in [3.8, 4) is 0 Å². The van der Waals surface area contributed by atoms with Crippen LogP contribution in [0.3, 0.4) is 0 Å². The van der Waals surface area contributed by atoms with E-state index in [0.29, 0.717) is 19.7 Å². The third-order valence-electron chi connectivity index (χ3n) is 3.03. The number of halogens is 3. The summed E-state index contributed by atoms with van der Waals surface area (Å²) in [6.45, 7) is 1.92. The van der Waals surface area contributed by atoms with Gasteiger partial charge in [-0.1, -0.05) is 0 Å². The van der Waals surface area contributed by atoms with Crippen LogP contribution in [0, 0.1) is 0 Å². The number of piperidine rings is 1. The van der Waals surface area contributed by atoms with Crippen LogP contribution in [-0.4, -0.2) is 55.1 Å². The quantitative estimate of drug-likeness (QED) is 0.755. The monoisotopic (exact) mass is 241 g/mol. The first-order valence-corrected chi connectivity index (χ1v) is 5.39. The van der Waals surface area contributed by atoms with Gasteiger partial charge in [-0.15, -0.1) is 0 Å². The van der Waals surface area contributed by atoms with Crippen molar-refractivity contribution in [3.05, 3.63) is 0 Å². The molecule has 0 aromatic carbocycles. The van der Waals surface area contributed by atoms with Crippen LogP contribution < -0.4 is 0 Å². The summed E-state index contributed by atoms with van der Waals surface area (Å²) in [6, 6.07) is 0. The molecule has 0 unspecified atom stereocenters. The van der Waals surface area contributed by atoms with E-state index in [1.165, 1.54) is 0 Å². The summed E-state index contributed by atoms with van der Waals surface area (Å²) >= 11 is 0. The molecule has 0 aromatic heterocycles. The van der Waals surface area contributed by atoms with E-state index in [1.54, 1.807) is 7.11 Å². The highest BCUT2D eigenvalue weighted by atomic mass is 19.4. The lowest BCUT2D eigenvalue weighted by atomic mass is 9.91. The van der Waals surface area contributed by atoms with E-state index in [0.717, 1.165) is 13.0 Å². The fourth-order valence-corrected chi connectivity index (χ4v) is 1.86. The van der Waals surface area contributed by atoms with E-state index in [2.05, 4.69) is 0 Å². The molecule has 16 heavy (non-hydrogen) atoms. The molecule has 0 saturated carbocycles. The Kier molecular flexibility index (Phi) is 4.58. The first kappa shape index (κ1) is 13.7. The van der Waals surface area contributed by atoms with Crippen molar-refractivity contribution >= 4 is 0 Å². The summed E-state index contributed by atoms with van der Waals surface area (Å²) in [7, 11) is 1.60. The van der Waals surface area contributed by atoms with Crippen LogP contribution in [0.25, 0.3) is 0 Å². The molecule has 1 rings (SSSR count). The van der Waals surface area contributed by atoms with Gasteiger partial charge in [-0.2, -0.15) is 13.2 Å². The van der Waals surface area contributed by atoms with Crippen molar-refractivity contribution < 1.29 is 23.0 Å². The van der Waals surface area contributed by atoms with E-state index in [-0.39, 0.29) is 12.8 Å². The molecule has 0 atom stereocenters. The normalized spacial score (nSPS) is 22.3. The molecule has 3 nitrogen and oxygen atoms in total. The number of aliphatic hydroxyl groups is 1. The zero-order valence-corrected chi connectivity index (χ0v) is 9.39. The van der Waals surface area contributed by atoms with Gasteiger partial charge in [-0.05, 0) is 19.3 Å². The van der Waals surface area contributed by atoms with E-state index >= 15 is 0 Å². The maximum atomic E-state index is 12.5. The first-order chi connectivity index (χ1) is 7.39.